The molecule has 3 aromatic rings. The SMILES string of the molecule is CN(C(=O)c1cccc2nccnc12)c1cccc(O)c1. The number of carbonyl (C=O) groups is 1. The molecule has 0 saturated carbocycles. The summed E-state index contributed by atoms with van der Waals surface area (Å²) < 4.78 is 0. The summed E-state index contributed by atoms with van der Waals surface area (Å²) >= 11 is 0. The predicted molar refractivity (Wildman–Crippen MR) is 80.4 cm³/mol. The minimum Gasteiger partial charge on any atom is -0.508 e. The van der Waals surface area contributed by atoms with Crippen LogP contribution in [0.4, 0.5) is 5.69 Å². The lowest BCUT2D eigenvalue weighted by molar-refractivity contribution is 0.0994. The number of phenolic OH excluding ortho intramolecular Hbond substituents is 1. The van der Waals surface area contributed by atoms with Gasteiger partial charge in [-0.05, 0) is 24.3 Å². The zero-order valence-corrected chi connectivity index (χ0v) is 11.4. The van der Waals surface area contributed by atoms with Gasteiger partial charge in [0, 0.05) is 31.2 Å². The number of fused-ring (bicyclic) bond motifs is 1. The lowest BCUT2D eigenvalue weighted by Gasteiger charge is -2.18. The number of hydrogen-bond acceptors (Lipinski definition) is 4. The van der Waals surface area contributed by atoms with Gasteiger partial charge in [0.1, 0.15) is 11.3 Å². The van der Waals surface area contributed by atoms with E-state index < -0.39 is 0 Å². The van der Waals surface area contributed by atoms with Crippen LogP contribution in [0.25, 0.3) is 11.0 Å². The molecule has 0 unspecified atom stereocenters. The first-order valence-electron chi connectivity index (χ1n) is 6.43. The highest BCUT2D eigenvalue weighted by Gasteiger charge is 2.17. The number of rotatable bonds is 2. The Hall–Kier alpha value is -2.95. The molecule has 5 nitrogen and oxygen atoms in total. The van der Waals surface area contributed by atoms with E-state index in [9.17, 15) is 9.90 Å². The highest BCUT2D eigenvalue weighted by molar-refractivity contribution is 6.12. The molecule has 0 atom stereocenters. The number of anilines is 1. The van der Waals surface area contributed by atoms with E-state index in [1.165, 1.54) is 11.0 Å². The topological polar surface area (TPSA) is 66.3 Å². The summed E-state index contributed by atoms with van der Waals surface area (Å²) in [5.74, 6) is -0.0865. The summed E-state index contributed by atoms with van der Waals surface area (Å²) in [6, 6.07) is 11.9. The molecule has 21 heavy (non-hydrogen) atoms. The predicted octanol–water partition coefficient (Wildman–Crippen LogP) is 2.61. The van der Waals surface area contributed by atoms with Crippen LogP contribution >= 0.6 is 0 Å². The monoisotopic (exact) mass is 279 g/mol. The van der Waals surface area contributed by atoms with Crippen LogP contribution in [0.3, 0.4) is 0 Å². The van der Waals surface area contributed by atoms with Crippen molar-refractivity contribution < 1.29 is 9.90 Å². The van der Waals surface area contributed by atoms with E-state index in [0.29, 0.717) is 22.3 Å². The first kappa shape index (κ1) is 13.1. The van der Waals surface area contributed by atoms with Crippen molar-refractivity contribution >= 4 is 22.6 Å². The van der Waals surface area contributed by atoms with Crippen LogP contribution in [0.2, 0.25) is 0 Å². The molecule has 1 aromatic heterocycles. The minimum absolute atomic E-state index is 0.116. The van der Waals surface area contributed by atoms with E-state index in [1.54, 1.807) is 49.8 Å². The minimum atomic E-state index is -0.202. The molecule has 0 fully saturated rings. The molecule has 0 radical (unpaired) electrons. The second-order valence-electron chi connectivity index (χ2n) is 4.61. The lowest BCUT2D eigenvalue weighted by atomic mass is 10.1. The van der Waals surface area contributed by atoms with E-state index >= 15 is 0 Å². The zero-order valence-electron chi connectivity index (χ0n) is 11.4. The van der Waals surface area contributed by atoms with Crippen molar-refractivity contribution in [3.8, 4) is 5.75 Å². The third-order valence-corrected chi connectivity index (χ3v) is 3.25. The fourth-order valence-electron chi connectivity index (χ4n) is 2.16. The third-order valence-electron chi connectivity index (χ3n) is 3.25. The van der Waals surface area contributed by atoms with Gasteiger partial charge in [0.2, 0.25) is 0 Å². The van der Waals surface area contributed by atoms with E-state index in [2.05, 4.69) is 9.97 Å². The fraction of sp³-hybridized carbons (Fsp3) is 0.0625. The summed E-state index contributed by atoms with van der Waals surface area (Å²) in [5, 5.41) is 9.53. The highest BCUT2D eigenvalue weighted by Crippen LogP contribution is 2.22. The molecule has 0 spiro atoms. The highest BCUT2D eigenvalue weighted by atomic mass is 16.3. The molecule has 1 N–H and O–H groups in total. The number of nitrogens with zero attached hydrogens (tertiary/aromatic N) is 3. The average Bonchev–Trinajstić information content (AvgIpc) is 2.53. The van der Waals surface area contributed by atoms with Gasteiger partial charge < -0.3 is 10.0 Å². The van der Waals surface area contributed by atoms with Gasteiger partial charge in [-0.1, -0.05) is 12.1 Å². The van der Waals surface area contributed by atoms with Gasteiger partial charge in [-0.3, -0.25) is 14.8 Å². The summed E-state index contributed by atoms with van der Waals surface area (Å²) in [6.45, 7) is 0. The van der Waals surface area contributed by atoms with Gasteiger partial charge in [-0.25, -0.2) is 0 Å². The molecule has 104 valence electrons. The summed E-state index contributed by atoms with van der Waals surface area (Å²) in [6.07, 6.45) is 3.16. The molecule has 3 rings (SSSR count). The Labute approximate surface area is 121 Å². The molecule has 0 aliphatic carbocycles. The van der Waals surface area contributed by atoms with E-state index in [1.807, 2.05) is 6.07 Å². The first-order valence-corrected chi connectivity index (χ1v) is 6.43. The second-order valence-corrected chi connectivity index (χ2v) is 4.61. The van der Waals surface area contributed by atoms with Crippen molar-refractivity contribution in [2.45, 2.75) is 0 Å². The number of carbonyl (C=O) groups excluding carboxylic acids is 1. The number of para-hydroxylation sites is 1. The number of phenols is 1. The first-order chi connectivity index (χ1) is 10.2. The number of benzene rings is 2. The maximum absolute atomic E-state index is 12.6. The van der Waals surface area contributed by atoms with Crippen LogP contribution in [0.1, 0.15) is 10.4 Å². The Bertz CT molecular complexity index is 812. The maximum atomic E-state index is 12.6. The molecule has 1 heterocycles. The van der Waals surface area contributed by atoms with Crippen molar-refractivity contribution in [3.05, 3.63) is 60.4 Å². The third kappa shape index (κ3) is 2.41. The Morgan fingerprint density at radius 2 is 1.86 bits per heavy atom. The van der Waals surface area contributed by atoms with Crippen molar-refractivity contribution in [2.75, 3.05) is 11.9 Å². The summed E-state index contributed by atoms with van der Waals surface area (Å²) in [5.41, 5.74) is 2.33. The van der Waals surface area contributed by atoms with E-state index in [0.717, 1.165) is 0 Å². The van der Waals surface area contributed by atoms with Gasteiger partial charge >= 0.3 is 0 Å². The van der Waals surface area contributed by atoms with Crippen LogP contribution in [-0.2, 0) is 0 Å². The van der Waals surface area contributed by atoms with Crippen molar-refractivity contribution in [1.29, 1.82) is 0 Å². The molecule has 0 bridgehead atoms. The van der Waals surface area contributed by atoms with Crippen LogP contribution in [0, 0.1) is 0 Å². The quantitative estimate of drug-likeness (QED) is 0.783. The Balaban J connectivity index is 2.04. The normalized spacial score (nSPS) is 10.5. The maximum Gasteiger partial charge on any atom is 0.260 e. The zero-order chi connectivity index (χ0) is 14.8. The molecule has 0 aliphatic heterocycles. The van der Waals surface area contributed by atoms with Crippen molar-refractivity contribution in [3.63, 3.8) is 0 Å². The summed E-state index contributed by atoms with van der Waals surface area (Å²) in [4.78, 5) is 22.6. The Kier molecular flexibility index (Phi) is 3.23. The van der Waals surface area contributed by atoms with Crippen LogP contribution in [-0.4, -0.2) is 28.0 Å². The number of aromatic nitrogens is 2. The van der Waals surface area contributed by atoms with Crippen molar-refractivity contribution in [1.82, 2.24) is 9.97 Å². The lowest BCUT2D eigenvalue weighted by Crippen LogP contribution is -2.26. The van der Waals surface area contributed by atoms with E-state index in [-0.39, 0.29) is 11.7 Å². The largest absolute Gasteiger partial charge is 0.508 e. The molecular weight excluding hydrogens is 266 g/mol. The number of hydrogen-bond donors (Lipinski definition) is 1. The standard InChI is InChI=1S/C16H13N3O2/c1-19(11-4-2-5-12(20)10-11)16(21)13-6-3-7-14-15(13)18-9-8-17-14/h2-10,20H,1H3. The molecule has 1 amide bonds. The number of aromatic hydroxyl groups is 1. The van der Waals surface area contributed by atoms with Gasteiger partial charge in [0.25, 0.3) is 5.91 Å². The fourth-order valence-corrected chi connectivity index (χ4v) is 2.16. The van der Waals surface area contributed by atoms with E-state index in [4.69, 9.17) is 0 Å². The van der Waals surface area contributed by atoms with Gasteiger partial charge in [-0.15, -0.1) is 0 Å². The van der Waals surface area contributed by atoms with Crippen LogP contribution in [0.15, 0.2) is 54.9 Å². The summed E-state index contributed by atoms with van der Waals surface area (Å²) in [7, 11) is 1.66. The number of amides is 1. The van der Waals surface area contributed by atoms with Gasteiger partial charge in [0.05, 0.1) is 11.1 Å². The van der Waals surface area contributed by atoms with Gasteiger partial charge in [0.15, 0.2) is 0 Å². The Morgan fingerprint density at radius 3 is 2.67 bits per heavy atom. The van der Waals surface area contributed by atoms with Gasteiger partial charge in [-0.2, -0.15) is 0 Å². The Morgan fingerprint density at radius 1 is 1.10 bits per heavy atom. The van der Waals surface area contributed by atoms with Crippen LogP contribution in [0.5, 0.6) is 5.75 Å². The molecule has 2 aromatic carbocycles. The second kappa shape index (κ2) is 5.20. The smallest absolute Gasteiger partial charge is 0.260 e. The molecule has 5 heteroatoms. The average molecular weight is 279 g/mol. The van der Waals surface area contributed by atoms with Crippen LogP contribution < -0.4 is 4.90 Å². The molecule has 0 aliphatic rings. The molecule has 0 saturated heterocycles. The molecular formula is C16H13N3O2. The van der Waals surface area contributed by atoms with Crippen molar-refractivity contribution in [2.24, 2.45) is 0 Å².